The molecule has 1 unspecified atom stereocenters. The summed E-state index contributed by atoms with van der Waals surface area (Å²) in [7, 11) is 0. The van der Waals surface area contributed by atoms with Crippen molar-refractivity contribution in [3.05, 3.63) is 68.9 Å². The second-order valence-corrected chi connectivity index (χ2v) is 8.96. The van der Waals surface area contributed by atoms with Gasteiger partial charge in [0.2, 0.25) is 0 Å². The van der Waals surface area contributed by atoms with Gasteiger partial charge in [-0.25, -0.2) is 4.68 Å². The molecule has 1 saturated carbocycles. The SMILES string of the molecule is S=c1n(CN2CCCC2c2cccs2)nc(C2CC2)n1Cc1ccccc1. The first-order valence-corrected chi connectivity index (χ1v) is 11.1. The van der Waals surface area contributed by atoms with E-state index in [0.29, 0.717) is 12.0 Å². The predicted octanol–water partition coefficient (Wildman–Crippen LogP) is 5.20. The highest BCUT2D eigenvalue weighted by atomic mass is 32.1. The molecule has 140 valence electrons. The standard InChI is InChI=1S/C21H24N4S2/c26-21-24(14-16-6-2-1-3-7-16)20(17-10-11-17)22-25(21)15-23-12-4-8-18(23)19-9-5-13-27-19/h1-3,5-7,9,13,17-18H,4,8,10-12,14-15H2. The molecular weight excluding hydrogens is 372 g/mol. The molecular formula is C21H24N4S2. The van der Waals surface area contributed by atoms with Gasteiger partial charge in [-0.05, 0) is 54.9 Å². The Morgan fingerprint density at radius 3 is 2.67 bits per heavy atom. The molecule has 1 atom stereocenters. The van der Waals surface area contributed by atoms with Gasteiger partial charge in [0.25, 0.3) is 0 Å². The molecule has 27 heavy (non-hydrogen) atoms. The highest BCUT2D eigenvalue weighted by Crippen LogP contribution is 2.40. The molecule has 3 aromatic rings. The predicted molar refractivity (Wildman–Crippen MR) is 112 cm³/mol. The van der Waals surface area contributed by atoms with Crippen molar-refractivity contribution in [3.8, 4) is 0 Å². The van der Waals surface area contributed by atoms with Crippen LogP contribution in [0, 0.1) is 4.77 Å². The molecule has 0 bridgehead atoms. The van der Waals surface area contributed by atoms with Crippen molar-refractivity contribution >= 4 is 23.6 Å². The second-order valence-electron chi connectivity index (χ2n) is 7.61. The van der Waals surface area contributed by atoms with Gasteiger partial charge in [-0.2, -0.15) is 5.10 Å². The van der Waals surface area contributed by atoms with Crippen LogP contribution < -0.4 is 0 Å². The molecule has 0 spiro atoms. The van der Waals surface area contributed by atoms with Crippen molar-refractivity contribution in [1.29, 1.82) is 0 Å². The summed E-state index contributed by atoms with van der Waals surface area (Å²) in [5.74, 6) is 1.76. The molecule has 5 rings (SSSR count). The largest absolute Gasteiger partial charge is 0.299 e. The van der Waals surface area contributed by atoms with Crippen molar-refractivity contribution in [2.45, 2.75) is 50.9 Å². The maximum absolute atomic E-state index is 5.87. The van der Waals surface area contributed by atoms with Crippen molar-refractivity contribution < 1.29 is 0 Å². The lowest BCUT2D eigenvalue weighted by molar-refractivity contribution is 0.191. The third-order valence-corrected chi connectivity index (χ3v) is 7.03. The van der Waals surface area contributed by atoms with E-state index < -0.39 is 0 Å². The van der Waals surface area contributed by atoms with Gasteiger partial charge in [-0.1, -0.05) is 36.4 Å². The van der Waals surface area contributed by atoms with Crippen LogP contribution in [-0.2, 0) is 13.2 Å². The molecule has 0 N–H and O–H groups in total. The minimum atomic E-state index is 0.510. The summed E-state index contributed by atoms with van der Waals surface area (Å²) < 4.78 is 5.19. The lowest BCUT2D eigenvalue weighted by Crippen LogP contribution is -2.26. The fourth-order valence-corrected chi connectivity index (χ4v) is 5.23. The summed E-state index contributed by atoms with van der Waals surface area (Å²) in [5, 5.41) is 7.16. The van der Waals surface area contributed by atoms with E-state index in [0.717, 1.165) is 24.5 Å². The minimum Gasteiger partial charge on any atom is -0.299 e. The minimum absolute atomic E-state index is 0.510. The van der Waals surface area contributed by atoms with Crippen LogP contribution in [0.3, 0.4) is 0 Å². The van der Waals surface area contributed by atoms with Gasteiger partial charge >= 0.3 is 0 Å². The quantitative estimate of drug-likeness (QED) is 0.536. The van der Waals surface area contributed by atoms with Crippen molar-refractivity contribution in [1.82, 2.24) is 19.2 Å². The van der Waals surface area contributed by atoms with Crippen LogP contribution in [0.5, 0.6) is 0 Å². The second kappa shape index (κ2) is 7.34. The van der Waals surface area contributed by atoms with Gasteiger partial charge in [0.1, 0.15) is 5.82 Å². The summed E-state index contributed by atoms with van der Waals surface area (Å²) >= 11 is 7.73. The van der Waals surface area contributed by atoms with Crippen LogP contribution in [0.1, 0.15) is 53.9 Å². The highest BCUT2D eigenvalue weighted by molar-refractivity contribution is 7.71. The molecule has 0 amide bonds. The monoisotopic (exact) mass is 396 g/mol. The Bertz CT molecular complexity index is 954. The maximum atomic E-state index is 5.87. The molecule has 4 nitrogen and oxygen atoms in total. The zero-order valence-corrected chi connectivity index (χ0v) is 17.0. The first kappa shape index (κ1) is 17.3. The third-order valence-electron chi connectivity index (χ3n) is 5.63. The van der Waals surface area contributed by atoms with E-state index in [-0.39, 0.29) is 0 Å². The normalized spacial score (nSPS) is 20.4. The zero-order chi connectivity index (χ0) is 18.2. The average molecular weight is 397 g/mol. The fourth-order valence-electron chi connectivity index (χ4n) is 4.08. The molecule has 2 aromatic heterocycles. The van der Waals surface area contributed by atoms with Crippen LogP contribution in [0.25, 0.3) is 0 Å². The van der Waals surface area contributed by atoms with Crippen LogP contribution in [0.15, 0.2) is 47.8 Å². The number of nitrogens with zero attached hydrogens (tertiary/aromatic N) is 4. The summed E-state index contributed by atoms with van der Waals surface area (Å²) in [5.41, 5.74) is 1.28. The molecule has 1 aromatic carbocycles. The van der Waals surface area contributed by atoms with E-state index in [2.05, 4.69) is 62.0 Å². The Morgan fingerprint density at radius 1 is 1.07 bits per heavy atom. The number of likely N-dealkylation sites (tertiary alicyclic amines) is 1. The molecule has 6 heteroatoms. The lowest BCUT2D eigenvalue weighted by Gasteiger charge is -2.23. The van der Waals surface area contributed by atoms with Crippen LogP contribution in [-0.4, -0.2) is 25.8 Å². The van der Waals surface area contributed by atoms with Crippen molar-refractivity contribution in [3.63, 3.8) is 0 Å². The summed E-state index contributed by atoms with van der Waals surface area (Å²) in [4.78, 5) is 4.00. The number of aromatic nitrogens is 3. The molecule has 1 aliphatic heterocycles. The molecule has 1 aliphatic carbocycles. The van der Waals surface area contributed by atoms with E-state index in [1.807, 2.05) is 11.3 Å². The van der Waals surface area contributed by atoms with Gasteiger partial charge in [0.05, 0.1) is 13.2 Å². The fraction of sp³-hybridized carbons (Fsp3) is 0.429. The van der Waals surface area contributed by atoms with Gasteiger partial charge in [-0.3, -0.25) is 9.47 Å². The Balaban J connectivity index is 1.43. The van der Waals surface area contributed by atoms with Crippen LogP contribution >= 0.6 is 23.6 Å². The van der Waals surface area contributed by atoms with Gasteiger partial charge in [-0.15, -0.1) is 11.3 Å². The topological polar surface area (TPSA) is 26.0 Å². The first-order chi connectivity index (χ1) is 13.3. The molecule has 1 saturated heterocycles. The van der Waals surface area contributed by atoms with E-state index in [9.17, 15) is 0 Å². The maximum Gasteiger partial charge on any atom is 0.199 e. The van der Waals surface area contributed by atoms with Crippen molar-refractivity contribution in [2.24, 2.45) is 0 Å². The smallest absolute Gasteiger partial charge is 0.199 e. The van der Waals surface area contributed by atoms with Crippen LogP contribution in [0.4, 0.5) is 0 Å². The Labute approximate surface area is 169 Å². The Morgan fingerprint density at radius 2 is 1.93 bits per heavy atom. The summed E-state index contributed by atoms with van der Waals surface area (Å²) in [6.07, 6.45) is 4.95. The number of thiophene rings is 1. The van der Waals surface area contributed by atoms with Gasteiger partial charge in [0.15, 0.2) is 4.77 Å². The number of rotatable bonds is 6. The number of hydrogen-bond acceptors (Lipinski definition) is 4. The van der Waals surface area contributed by atoms with E-state index >= 15 is 0 Å². The summed E-state index contributed by atoms with van der Waals surface area (Å²) in [6, 6.07) is 15.5. The Kier molecular flexibility index (Phi) is 4.71. The number of benzene rings is 1. The van der Waals surface area contributed by atoms with E-state index in [4.69, 9.17) is 17.3 Å². The molecule has 2 fully saturated rings. The van der Waals surface area contributed by atoms with E-state index in [1.165, 1.54) is 41.9 Å². The molecule has 2 aliphatic rings. The molecule has 3 heterocycles. The third kappa shape index (κ3) is 3.53. The zero-order valence-electron chi connectivity index (χ0n) is 15.3. The van der Waals surface area contributed by atoms with E-state index in [1.54, 1.807) is 0 Å². The molecule has 0 radical (unpaired) electrons. The first-order valence-electron chi connectivity index (χ1n) is 9.78. The Hall–Kier alpha value is -1.76. The number of hydrogen-bond donors (Lipinski definition) is 0. The summed E-state index contributed by atoms with van der Waals surface area (Å²) in [6.45, 7) is 2.73. The van der Waals surface area contributed by atoms with Crippen LogP contribution in [0.2, 0.25) is 0 Å². The van der Waals surface area contributed by atoms with Crippen molar-refractivity contribution in [2.75, 3.05) is 6.54 Å². The highest BCUT2D eigenvalue weighted by Gasteiger charge is 2.32. The van der Waals surface area contributed by atoms with Gasteiger partial charge < -0.3 is 0 Å². The van der Waals surface area contributed by atoms with Gasteiger partial charge in [0, 0.05) is 23.4 Å². The lowest BCUT2D eigenvalue weighted by atomic mass is 10.2. The average Bonchev–Trinajstić information content (AvgIpc) is 3.07.